The molecule has 2 aromatic carbocycles. The number of aromatic nitrogens is 1. The molecule has 1 aliphatic heterocycles. The molecule has 0 radical (unpaired) electrons. The van der Waals surface area contributed by atoms with Crippen LogP contribution in [0.15, 0.2) is 59.5 Å². The number of carbonyl (C=O) groups is 2. The van der Waals surface area contributed by atoms with Crippen molar-refractivity contribution in [2.45, 2.75) is 25.1 Å². The van der Waals surface area contributed by atoms with Crippen LogP contribution in [-0.2, 0) is 11.3 Å². The number of rotatable bonds is 9. The highest BCUT2D eigenvalue weighted by Gasteiger charge is 2.46. The van der Waals surface area contributed by atoms with Gasteiger partial charge in [0.2, 0.25) is 5.91 Å². The van der Waals surface area contributed by atoms with E-state index in [0.717, 1.165) is 33.7 Å². The zero-order valence-electron chi connectivity index (χ0n) is 20.4. The maximum Gasteiger partial charge on any atom is 0.387 e. The first-order chi connectivity index (χ1) is 18.6. The van der Waals surface area contributed by atoms with Gasteiger partial charge in [-0.15, -0.1) is 0 Å². The standard InChI is InChI=1S/C26H22F5N3O5/c1-38-16-11-18(28)21(19(29)12-16)17-13-34(20-3-2-9-33(10-8-27)24(20)36)25(37)22(17)32-23(35)14-4-6-15(7-5-14)39-26(30)31/h2-7,9,11-12,17,22,26H,8,10,13H2,1H3,(H,32,35)/t17-,22?/m0/s1. The van der Waals surface area contributed by atoms with Gasteiger partial charge in [-0.1, -0.05) is 0 Å². The van der Waals surface area contributed by atoms with Gasteiger partial charge in [-0.25, -0.2) is 13.2 Å². The molecule has 1 unspecified atom stereocenters. The van der Waals surface area contributed by atoms with Crippen LogP contribution >= 0.6 is 0 Å². The molecule has 1 aliphatic rings. The number of amides is 2. The third-order valence-electron chi connectivity index (χ3n) is 6.22. The van der Waals surface area contributed by atoms with Crippen LogP contribution in [0.5, 0.6) is 11.5 Å². The number of halogens is 5. The van der Waals surface area contributed by atoms with E-state index in [4.69, 9.17) is 4.74 Å². The Labute approximate surface area is 218 Å². The van der Waals surface area contributed by atoms with E-state index < -0.39 is 59.8 Å². The molecule has 39 heavy (non-hydrogen) atoms. The number of pyridine rings is 1. The Morgan fingerprint density at radius 1 is 1.08 bits per heavy atom. The Bertz CT molecular complexity index is 1410. The highest BCUT2D eigenvalue weighted by molar-refractivity contribution is 6.05. The van der Waals surface area contributed by atoms with Crippen molar-refractivity contribution in [2.75, 3.05) is 25.2 Å². The largest absolute Gasteiger partial charge is 0.497 e. The number of nitrogens with one attached hydrogen (secondary N) is 1. The topological polar surface area (TPSA) is 89.9 Å². The van der Waals surface area contributed by atoms with E-state index in [1.165, 1.54) is 37.6 Å². The number of aryl methyl sites for hydroxylation is 1. The van der Waals surface area contributed by atoms with E-state index in [1.54, 1.807) is 0 Å². The predicted octanol–water partition coefficient (Wildman–Crippen LogP) is 3.64. The van der Waals surface area contributed by atoms with Gasteiger partial charge in [-0.2, -0.15) is 8.78 Å². The summed E-state index contributed by atoms with van der Waals surface area (Å²) in [6.07, 6.45) is 1.33. The number of hydrogen-bond donors (Lipinski definition) is 1. The first-order valence-corrected chi connectivity index (χ1v) is 11.6. The number of anilines is 1. The molecule has 1 saturated heterocycles. The molecule has 8 nitrogen and oxygen atoms in total. The maximum absolute atomic E-state index is 15.1. The second-order valence-electron chi connectivity index (χ2n) is 8.50. The summed E-state index contributed by atoms with van der Waals surface area (Å²) in [5.41, 5.74) is -1.44. The number of alkyl halides is 3. The third-order valence-corrected chi connectivity index (χ3v) is 6.22. The van der Waals surface area contributed by atoms with E-state index in [2.05, 4.69) is 10.1 Å². The Balaban J connectivity index is 1.72. The Morgan fingerprint density at radius 2 is 1.74 bits per heavy atom. The van der Waals surface area contributed by atoms with Crippen LogP contribution in [0.25, 0.3) is 0 Å². The molecular formula is C26H22F5N3O5. The average molecular weight is 551 g/mol. The molecule has 3 aromatic rings. The number of nitrogens with zero attached hydrogens (tertiary/aromatic N) is 2. The van der Waals surface area contributed by atoms with Crippen molar-refractivity contribution < 1.29 is 41.0 Å². The highest BCUT2D eigenvalue weighted by Crippen LogP contribution is 2.36. The van der Waals surface area contributed by atoms with Crippen LogP contribution < -0.4 is 25.2 Å². The fraction of sp³-hybridized carbons (Fsp3) is 0.269. The van der Waals surface area contributed by atoms with E-state index >= 15 is 8.78 Å². The fourth-order valence-electron chi connectivity index (χ4n) is 4.41. The molecule has 0 aliphatic carbocycles. The zero-order valence-corrected chi connectivity index (χ0v) is 20.4. The lowest BCUT2D eigenvalue weighted by atomic mass is 9.92. The van der Waals surface area contributed by atoms with Gasteiger partial charge in [0.15, 0.2) is 0 Å². The number of benzene rings is 2. The molecular weight excluding hydrogens is 529 g/mol. The van der Waals surface area contributed by atoms with Gasteiger partial charge in [0.25, 0.3) is 11.5 Å². The van der Waals surface area contributed by atoms with Crippen molar-refractivity contribution in [3.8, 4) is 11.5 Å². The highest BCUT2D eigenvalue weighted by atomic mass is 19.3. The minimum Gasteiger partial charge on any atom is -0.497 e. The van der Waals surface area contributed by atoms with Gasteiger partial charge in [-0.3, -0.25) is 14.4 Å². The molecule has 0 saturated carbocycles. The van der Waals surface area contributed by atoms with Gasteiger partial charge >= 0.3 is 6.61 Å². The summed E-state index contributed by atoms with van der Waals surface area (Å²) in [6, 6.07) is 7.59. The van der Waals surface area contributed by atoms with Gasteiger partial charge in [0.05, 0.1) is 13.7 Å². The molecule has 2 atom stereocenters. The van der Waals surface area contributed by atoms with Gasteiger partial charge in [-0.05, 0) is 36.4 Å². The van der Waals surface area contributed by atoms with Crippen LogP contribution in [0.4, 0.5) is 27.6 Å². The lowest BCUT2D eigenvalue weighted by molar-refractivity contribution is -0.118. The van der Waals surface area contributed by atoms with Crippen LogP contribution in [-0.4, -0.2) is 49.4 Å². The van der Waals surface area contributed by atoms with Crippen LogP contribution in [0.3, 0.4) is 0 Å². The SMILES string of the molecule is COc1cc(F)c([C@@H]2CN(c3cccn(CCF)c3=O)C(=O)C2NC(=O)c2ccc(OC(F)F)cc2)c(F)c1. The Morgan fingerprint density at radius 3 is 2.33 bits per heavy atom. The molecule has 2 amide bonds. The lowest BCUT2D eigenvalue weighted by Crippen LogP contribution is -2.44. The monoisotopic (exact) mass is 551 g/mol. The molecule has 0 spiro atoms. The van der Waals surface area contributed by atoms with Gasteiger partial charge in [0, 0.05) is 41.9 Å². The molecule has 4 rings (SSSR count). The third kappa shape index (κ3) is 5.71. The minimum atomic E-state index is -3.07. The maximum atomic E-state index is 15.1. The van der Waals surface area contributed by atoms with Crippen LogP contribution in [0.2, 0.25) is 0 Å². The second-order valence-corrected chi connectivity index (χ2v) is 8.50. The number of carbonyl (C=O) groups excluding carboxylic acids is 2. The van der Waals surface area contributed by atoms with E-state index in [0.29, 0.717) is 0 Å². The minimum absolute atomic E-state index is 0.0534. The number of hydrogen-bond acceptors (Lipinski definition) is 5. The molecule has 0 bridgehead atoms. The first kappa shape index (κ1) is 27.6. The summed E-state index contributed by atoms with van der Waals surface area (Å²) in [5.74, 6) is -5.37. The average Bonchev–Trinajstić information content (AvgIpc) is 3.20. The normalized spacial score (nSPS) is 17.0. The number of methoxy groups -OCH3 is 1. The first-order valence-electron chi connectivity index (χ1n) is 11.6. The van der Waals surface area contributed by atoms with E-state index in [-0.39, 0.29) is 35.8 Å². The van der Waals surface area contributed by atoms with Crippen LogP contribution in [0.1, 0.15) is 21.8 Å². The lowest BCUT2D eigenvalue weighted by Gasteiger charge is -2.20. The van der Waals surface area contributed by atoms with Crippen molar-refractivity contribution in [2.24, 2.45) is 0 Å². The molecule has 13 heteroatoms. The van der Waals surface area contributed by atoms with Crippen molar-refractivity contribution in [1.82, 2.24) is 9.88 Å². The summed E-state index contributed by atoms with van der Waals surface area (Å²) in [7, 11) is 1.22. The molecule has 2 heterocycles. The van der Waals surface area contributed by atoms with Crippen molar-refractivity contribution in [3.63, 3.8) is 0 Å². The van der Waals surface area contributed by atoms with E-state index in [1.807, 2.05) is 0 Å². The summed E-state index contributed by atoms with van der Waals surface area (Å²) in [5, 5.41) is 2.44. The summed E-state index contributed by atoms with van der Waals surface area (Å²) in [4.78, 5) is 40.4. The summed E-state index contributed by atoms with van der Waals surface area (Å²) < 4.78 is 78.1. The quantitative estimate of drug-likeness (QED) is 0.411. The van der Waals surface area contributed by atoms with Crippen molar-refractivity contribution in [3.05, 3.63) is 87.8 Å². The van der Waals surface area contributed by atoms with Crippen molar-refractivity contribution >= 4 is 17.5 Å². The number of ether oxygens (including phenoxy) is 2. The molecule has 1 aromatic heterocycles. The molecule has 1 fully saturated rings. The molecule has 206 valence electrons. The predicted molar refractivity (Wildman–Crippen MR) is 129 cm³/mol. The van der Waals surface area contributed by atoms with Crippen molar-refractivity contribution in [1.29, 1.82) is 0 Å². The van der Waals surface area contributed by atoms with Crippen LogP contribution in [0, 0.1) is 11.6 Å². The smallest absolute Gasteiger partial charge is 0.387 e. The summed E-state index contributed by atoms with van der Waals surface area (Å²) in [6.45, 7) is -4.58. The Hall–Kier alpha value is -4.42. The fourth-order valence-corrected chi connectivity index (χ4v) is 4.41. The second kappa shape index (κ2) is 11.5. The Kier molecular flexibility index (Phi) is 8.17. The van der Waals surface area contributed by atoms with Gasteiger partial charge < -0.3 is 24.3 Å². The van der Waals surface area contributed by atoms with E-state index in [9.17, 15) is 27.6 Å². The summed E-state index contributed by atoms with van der Waals surface area (Å²) >= 11 is 0. The van der Waals surface area contributed by atoms with Gasteiger partial charge in [0.1, 0.15) is 41.5 Å². The molecule has 1 N–H and O–H groups in total. The zero-order chi connectivity index (χ0) is 28.3.